The van der Waals surface area contributed by atoms with Crippen LogP contribution in [0.2, 0.25) is 0 Å². The molecule has 0 radical (unpaired) electrons. The first-order valence-electron chi connectivity index (χ1n) is 12.2. The third kappa shape index (κ3) is 5.69. The van der Waals surface area contributed by atoms with E-state index in [9.17, 15) is 9.59 Å². The van der Waals surface area contributed by atoms with E-state index in [1.165, 1.54) is 11.1 Å². The lowest BCUT2D eigenvalue weighted by Gasteiger charge is -2.27. The number of rotatable bonds is 8. The fourth-order valence-corrected chi connectivity index (χ4v) is 4.56. The average Bonchev–Trinajstić information content (AvgIpc) is 2.90. The molecule has 3 aromatic carbocycles. The predicted octanol–water partition coefficient (Wildman–Crippen LogP) is 4.57. The number of benzene rings is 3. The molecule has 4 rings (SSSR count). The van der Waals surface area contributed by atoms with E-state index in [4.69, 9.17) is 9.47 Å². The Hall–Kier alpha value is -3.84. The molecule has 0 saturated heterocycles. The standard InChI is InChI=1S/C29H33N3O4/c1-5-32-12-11-21-9-10-25(15-24(21)18-32)31-29(34)22-8-6-7-20(14-22)17-30-28(33)23-13-19(2)27(36-4)26(16-23)35-3/h6-10,13-16H,5,11-12,17-18H2,1-4H3,(H,30,33)(H,31,34). The predicted molar refractivity (Wildman–Crippen MR) is 141 cm³/mol. The highest BCUT2D eigenvalue weighted by atomic mass is 16.5. The van der Waals surface area contributed by atoms with Gasteiger partial charge in [-0.25, -0.2) is 0 Å². The van der Waals surface area contributed by atoms with E-state index in [-0.39, 0.29) is 11.8 Å². The van der Waals surface area contributed by atoms with Gasteiger partial charge in [-0.1, -0.05) is 25.1 Å². The van der Waals surface area contributed by atoms with Crippen molar-refractivity contribution in [2.75, 3.05) is 32.6 Å². The molecule has 2 N–H and O–H groups in total. The minimum Gasteiger partial charge on any atom is -0.493 e. The van der Waals surface area contributed by atoms with Crippen molar-refractivity contribution in [1.82, 2.24) is 10.2 Å². The monoisotopic (exact) mass is 487 g/mol. The Bertz CT molecular complexity index is 1270. The molecule has 0 unspecified atom stereocenters. The van der Waals surface area contributed by atoms with Crippen molar-refractivity contribution >= 4 is 17.5 Å². The maximum atomic E-state index is 12.9. The first-order valence-corrected chi connectivity index (χ1v) is 12.2. The van der Waals surface area contributed by atoms with Gasteiger partial charge in [-0.2, -0.15) is 0 Å². The fourth-order valence-electron chi connectivity index (χ4n) is 4.56. The summed E-state index contributed by atoms with van der Waals surface area (Å²) in [6, 6.07) is 16.8. The molecule has 2 amide bonds. The number of nitrogens with zero attached hydrogens (tertiary/aromatic N) is 1. The second-order valence-corrected chi connectivity index (χ2v) is 8.97. The first-order chi connectivity index (χ1) is 17.4. The molecule has 0 atom stereocenters. The van der Waals surface area contributed by atoms with Crippen molar-refractivity contribution in [2.24, 2.45) is 0 Å². The molecule has 0 fully saturated rings. The summed E-state index contributed by atoms with van der Waals surface area (Å²) in [5.74, 6) is 0.700. The summed E-state index contributed by atoms with van der Waals surface area (Å²) in [5.41, 5.74) is 6.06. The second-order valence-electron chi connectivity index (χ2n) is 8.97. The topological polar surface area (TPSA) is 79.9 Å². The molecule has 0 aromatic heterocycles. The van der Waals surface area contributed by atoms with E-state index < -0.39 is 0 Å². The number of nitrogens with one attached hydrogen (secondary N) is 2. The minimum atomic E-state index is -0.232. The Morgan fingerprint density at radius 2 is 1.78 bits per heavy atom. The summed E-state index contributed by atoms with van der Waals surface area (Å²) in [4.78, 5) is 28.1. The number of ether oxygens (including phenoxy) is 2. The zero-order chi connectivity index (χ0) is 25.7. The number of aryl methyl sites for hydroxylation is 1. The van der Waals surface area contributed by atoms with Crippen LogP contribution in [0.25, 0.3) is 0 Å². The zero-order valence-corrected chi connectivity index (χ0v) is 21.3. The highest BCUT2D eigenvalue weighted by Gasteiger charge is 2.17. The SMILES string of the molecule is CCN1CCc2ccc(NC(=O)c3cccc(CNC(=O)c4cc(C)c(OC)c(OC)c4)c3)cc2C1. The number of likely N-dealkylation sites (N-methyl/N-ethyl adjacent to an activating group) is 1. The van der Waals surface area contributed by atoms with E-state index in [2.05, 4.69) is 34.6 Å². The number of hydrogen-bond donors (Lipinski definition) is 2. The van der Waals surface area contributed by atoms with Crippen molar-refractivity contribution in [3.05, 3.63) is 88.0 Å². The maximum absolute atomic E-state index is 12.9. The molecule has 0 aliphatic carbocycles. The Kier molecular flexibility index (Phi) is 7.90. The van der Waals surface area contributed by atoms with Crippen molar-refractivity contribution in [2.45, 2.75) is 33.4 Å². The van der Waals surface area contributed by atoms with Crippen LogP contribution in [0.15, 0.2) is 54.6 Å². The van der Waals surface area contributed by atoms with E-state index in [0.29, 0.717) is 29.2 Å². The van der Waals surface area contributed by atoms with Gasteiger partial charge in [0.15, 0.2) is 11.5 Å². The molecule has 0 saturated carbocycles. The number of carbonyl (C=O) groups is 2. The average molecular weight is 488 g/mol. The normalized spacial score (nSPS) is 13.0. The Morgan fingerprint density at radius 3 is 2.53 bits per heavy atom. The van der Waals surface area contributed by atoms with Gasteiger partial charge in [-0.05, 0) is 78.5 Å². The third-order valence-corrected chi connectivity index (χ3v) is 6.57. The molecule has 1 aliphatic rings. The van der Waals surface area contributed by atoms with Crippen LogP contribution in [0, 0.1) is 6.92 Å². The summed E-state index contributed by atoms with van der Waals surface area (Å²) in [5, 5.41) is 5.94. The molecular formula is C29H33N3O4. The quantitative estimate of drug-likeness (QED) is 0.487. The molecular weight excluding hydrogens is 454 g/mol. The van der Waals surface area contributed by atoms with Crippen molar-refractivity contribution < 1.29 is 19.1 Å². The number of fused-ring (bicyclic) bond motifs is 1. The maximum Gasteiger partial charge on any atom is 0.255 e. The van der Waals surface area contributed by atoms with Gasteiger partial charge in [0.2, 0.25) is 0 Å². The minimum absolute atomic E-state index is 0.179. The molecule has 7 heteroatoms. The number of methoxy groups -OCH3 is 2. The van der Waals surface area contributed by atoms with E-state index in [1.54, 1.807) is 38.5 Å². The van der Waals surface area contributed by atoms with Crippen molar-refractivity contribution in [3.63, 3.8) is 0 Å². The lowest BCUT2D eigenvalue weighted by molar-refractivity contribution is 0.0950. The van der Waals surface area contributed by atoms with Gasteiger partial charge in [0.1, 0.15) is 0 Å². The molecule has 0 bridgehead atoms. The van der Waals surface area contributed by atoms with Crippen molar-refractivity contribution in [1.29, 1.82) is 0 Å². The van der Waals surface area contributed by atoms with Gasteiger partial charge in [-0.15, -0.1) is 0 Å². The van der Waals surface area contributed by atoms with Crippen LogP contribution in [-0.2, 0) is 19.5 Å². The highest BCUT2D eigenvalue weighted by molar-refractivity contribution is 6.04. The molecule has 0 spiro atoms. The summed E-state index contributed by atoms with van der Waals surface area (Å²) >= 11 is 0. The van der Waals surface area contributed by atoms with Crippen LogP contribution in [0.4, 0.5) is 5.69 Å². The summed E-state index contributed by atoms with van der Waals surface area (Å²) in [6.45, 7) is 7.32. The fraction of sp³-hybridized carbons (Fsp3) is 0.310. The van der Waals surface area contributed by atoms with Crippen LogP contribution in [0.1, 0.15) is 49.9 Å². The smallest absolute Gasteiger partial charge is 0.255 e. The third-order valence-electron chi connectivity index (χ3n) is 6.57. The summed E-state index contributed by atoms with van der Waals surface area (Å²) in [7, 11) is 3.11. The van der Waals surface area contributed by atoms with Crippen LogP contribution in [0.3, 0.4) is 0 Å². The van der Waals surface area contributed by atoms with E-state index in [0.717, 1.165) is 42.9 Å². The van der Waals surface area contributed by atoms with Crippen molar-refractivity contribution in [3.8, 4) is 11.5 Å². The Labute approximate surface area is 212 Å². The first kappa shape index (κ1) is 25.3. The van der Waals surface area contributed by atoms with Gasteiger partial charge in [0.05, 0.1) is 14.2 Å². The number of amides is 2. The van der Waals surface area contributed by atoms with Crippen LogP contribution >= 0.6 is 0 Å². The largest absolute Gasteiger partial charge is 0.493 e. The van der Waals surface area contributed by atoms with Crippen LogP contribution in [0.5, 0.6) is 11.5 Å². The van der Waals surface area contributed by atoms with Crippen LogP contribution < -0.4 is 20.1 Å². The van der Waals surface area contributed by atoms with Gasteiger partial charge < -0.3 is 20.1 Å². The molecule has 188 valence electrons. The molecule has 1 heterocycles. The van der Waals surface area contributed by atoms with Gasteiger partial charge >= 0.3 is 0 Å². The number of anilines is 1. The van der Waals surface area contributed by atoms with Gasteiger partial charge in [0, 0.05) is 36.4 Å². The van der Waals surface area contributed by atoms with Gasteiger partial charge in [0.25, 0.3) is 11.8 Å². The molecule has 3 aromatic rings. The molecule has 1 aliphatic heterocycles. The van der Waals surface area contributed by atoms with Crippen LogP contribution in [-0.4, -0.2) is 44.0 Å². The lowest BCUT2D eigenvalue weighted by Crippen LogP contribution is -2.30. The Morgan fingerprint density at radius 1 is 0.944 bits per heavy atom. The second kappa shape index (κ2) is 11.3. The van der Waals surface area contributed by atoms with E-state index in [1.807, 2.05) is 25.1 Å². The molecule has 7 nitrogen and oxygen atoms in total. The highest BCUT2D eigenvalue weighted by Crippen LogP contribution is 2.32. The Balaban J connectivity index is 1.41. The number of carbonyl (C=O) groups excluding carboxylic acids is 2. The summed E-state index contributed by atoms with van der Waals surface area (Å²) in [6.07, 6.45) is 1.04. The van der Waals surface area contributed by atoms with Gasteiger partial charge in [-0.3, -0.25) is 14.5 Å². The van der Waals surface area contributed by atoms with E-state index >= 15 is 0 Å². The molecule has 36 heavy (non-hydrogen) atoms. The zero-order valence-electron chi connectivity index (χ0n) is 21.3. The summed E-state index contributed by atoms with van der Waals surface area (Å²) < 4.78 is 10.7. The number of hydrogen-bond acceptors (Lipinski definition) is 5. The lowest BCUT2D eigenvalue weighted by atomic mass is 9.99.